The molecule has 3 aromatic rings. The standard InChI is InChI=1S/C23H28N6O3/c1-16-14-17(2)29(25-16)13-10-21(30)27-11-7-12-28(23(31)19-8-5-4-6-9-19)20(15-27)22-24-18(3)26-32-22/h4-6,8-9,14,20H,7,10-13,15H2,1-3H3. The van der Waals surface area contributed by atoms with Crippen LogP contribution in [-0.2, 0) is 11.3 Å². The fourth-order valence-electron chi connectivity index (χ4n) is 4.12. The number of nitrogens with zero attached hydrogens (tertiary/aromatic N) is 6. The van der Waals surface area contributed by atoms with Crippen LogP contribution < -0.4 is 0 Å². The third kappa shape index (κ3) is 4.71. The molecule has 3 heterocycles. The Labute approximate surface area is 187 Å². The lowest BCUT2D eigenvalue weighted by Crippen LogP contribution is -2.40. The lowest BCUT2D eigenvalue weighted by atomic mass is 10.1. The summed E-state index contributed by atoms with van der Waals surface area (Å²) in [5.41, 5.74) is 2.56. The van der Waals surface area contributed by atoms with Crippen molar-refractivity contribution in [1.82, 2.24) is 29.7 Å². The molecule has 1 atom stereocenters. The van der Waals surface area contributed by atoms with Gasteiger partial charge in [-0.05, 0) is 45.4 Å². The van der Waals surface area contributed by atoms with E-state index >= 15 is 0 Å². The van der Waals surface area contributed by atoms with Crippen LogP contribution in [0.5, 0.6) is 0 Å². The van der Waals surface area contributed by atoms with Crippen LogP contribution in [0.4, 0.5) is 0 Å². The monoisotopic (exact) mass is 436 g/mol. The van der Waals surface area contributed by atoms with Gasteiger partial charge in [0.25, 0.3) is 11.8 Å². The van der Waals surface area contributed by atoms with Gasteiger partial charge in [-0.1, -0.05) is 23.4 Å². The summed E-state index contributed by atoms with van der Waals surface area (Å²) in [6.45, 7) is 7.57. The maximum Gasteiger partial charge on any atom is 0.254 e. The van der Waals surface area contributed by atoms with Crippen molar-refractivity contribution < 1.29 is 14.1 Å². The lowest BCUT2D eigenvalue weighted by molar-refractivity contribution is -0.131. The number of rotatable bonds is 5. The van der Waals surface area contributed by atoms with Gasteiger partial charge in [0.2, 0.25) is 5.91 Å². The Bertz CT molecular complexity index is 1090. The lowest BCUT2D eigenvalue weighted by Gasteiger charge is -2.29. The quantitative estimate of drug-likeness (QED) is 0.610. The van der Waals surface area contributed by atoms with E-state index in [2.05, 4.69) is 15.2 Å². The van der Waals surface area contributed by atoms with E-state index in [1.54, 1.807) is 28.9 Å². The largest absolute Gasteiger partial charge is 0.340 e. The van der Waals surface area contributed by atoms with Crippen LogP contribution in [0, 0.1) is 20.8 Å². The molecule has 1 aliphatic heterocycles. The van der Waals surface area contributed by atoms with Crippen molar-refractivity contribution in [2.24, 2.45) is 0 Å². The first-order valence-corrected chi connectivity index (χ1v) is 10.9. The maximum absolute atomic E-state index is 13.3. The molecule has 1 fully saturated rings. The van der Waals surface area contributed by atoms with E-state index in [-0.39, 0.29) is 11.8 Å². The SMILES string of the molecule is Cc1cc(C)n(CCC(=O)N2CCCN(C(=O)c3ccccc3)C(c3nc(C)no3)C2)n1. The van der Waals surface area contributed by atoms with Crippen LogP contribution in [0.1, 0.15) is 52.3 Å². The van der Waals surface area contributed by atoms with E-state index in [0.717, 1.165) is 11.4 Å². The van der Waals surface area contributed by atoms with Crippen molar-refractivity contribution in [3.63, 3.8) is 0 Å². The molecule has 1 saturated heterocycles. The van der Waals surface area contributed by atoms with Crippen LogP contribution >= 0.6 is 0 Å². The molecule has 4 rings (SSSR count). The molecule has 0 radical (unpaired) electrons. The fraction of sp³-hybridized carbons (Fsp3) is 0.435. The van der Waals surface area contributed by atoms with Gasteiger partial charge in [0.05, 0.1) is 12.2 Å². The van der Waals surface area contributed by atoms with E-state index in [4.69, 9.17) is 4.52 Å². The molecule has 9 heteroatoms. The van der Waals surface area contributed by atoms with Crippen LogP contribution in [0.3, 0.4) is 0 Å². The molecule has 1 aliphatic rings. The molecule has 2 aromatic heterocycles. The van der Waals surface area contributed by atoms with Gasteiger partial charge in [0.1, 0.15) is 6.04 Å². The zero-order valence-electron chi connectivity index (χ0n) is 18.7. The van der Waals surface area contributed by atoms with Gasteiger partial charge in [0, 0.05) is 37.3 Å². The Morgan fingerprint density at radius 2 is 1.91 bits per heavy atom. The Hall–Kier alpha value is -3.49. The van der Waals surface area contributed by atoms with Crippen molar-refractivity contribution in [3.05, 3.63) is 65.1 Å². The average molecular weight is 437 g/mol. The molecule has 0 aliphatic carbocycles. The predicted molar refractivity (Wildman–Crippen MR) is 117 cm³/mol. The molecule has 32 heavy (non-hydrogen) atoms. The first kappa shape index (κ1) is 21.7. The van der Waals surface area contributed by atoms with Crippen LogP contribution in [-0.4, -0.2) is 61.2 Å². The van der Waals surface area contributed by atoms with Gasteiger partial charge < -0.3 is 14.3 Å². The summed E-state index contributed by atoms with van der Waals surface area (Å²) in [6, 6.07) is 10.6. The summed E-state index contributed by atoms with van der Waals surface area (Å²) in [4.78, 5) is 34.3. The molecule has 0 bridgehead atoms. The van der Waals surface area contributed by atoms with Crippen LogP contribution in [0.25, 0.3) is 0 Å². The minimum absolute atomic E-state index is 0.0211. The Balaban J connectivity index is 1.53. The summed E-state index contributed by atoms with van der Waals surface area (Å²) in [6.07, 6.45) is 1.01. The van der Waals surface area contributed by atoms with Crippen molar-refractivity contribution >= 4 is 11.8 Å². The minimum Gasteiger partial charge on any atom is -0.340 e. The molecule has 0 N–H and O–H groups in total. The normalized spacial score (nSPS) is 16.8. The van der Waals surface area contributed by atoms with E-state index in [9.17, 15) is 9.59 Å². The van der Waals surface area contributed by atoms with Gasteiger partial charge in [-0.2, -0.15) is 10.1 Å². The summed E-state index contributed by atoms with van der Waals surface area (Å²) in [7, 11) is 0. The van der Waals surface area contributed by atoms with Gasteiger partial charge >= 0.3 is 0 Å². The van der Waals surface area contributed by atoms with Gasteiger partial charge in [-0.15, -0.1) is 0 Å². The van der Waals surface area contributed by atoms with E-state index in [1.807, 2.05) is 42.8 Å². The Morgan fingerprint density at radius 1 is 1.12 bits per heavy atom. The molecular weight excluding hydrogens is 408 g/mol. The summed E-state index contributed by atoms with van der Waals surface area (Å²) < 4.78 is 7.30. The number of benzene rings is 1. The molecule has 168 valence electrons. The van der Waals surface area contributed by atoms with Crippen molar-refractivity contribution in [2.75, 3.05) is 19.6 Å². The maximum atomic E-state index is 13.3. The zero-order valence-corrected chi connectivity index (χ0v) is 18.7. The second kappa shape index (κ2) is 9.33. The summed E-state index contributed by atoms with van der Waals surface area (Å²) in [5.74, 6) is 0.764. The zero-order chi connectivity index (χ0) is 22.7. The molecular formula is C23H28N6O3. The number of aromatic nitrogens is 4. The van der Waals surface area contributed by atoms with Crippen LogP contribution in [0.15, 0.2) is 40.9 Å². The second-order valence-electron chi connectivity index (χ2n) is 8.15. The molecule has 1 aromatic carbocycles. The second-order valence-corrected chi connectivity index (χ2v) is 8.15. The first-order chi connectivity index (χ1) is 15.4. The van der Waals surface area contributed by atoms with Crippen molar-refractivity contribution in [2.45, 2.75) is 46.2 Å². The average Bonchev–Trinajstić information content (AvgIpc) is 3.27. The topological polar surface area (TPSA) is 97.4 Å². The van der Waals surface area contributed by atoms with Crippen molar-refractivity contribution in [3.8, 4) is 0 Å². The van der Waals surface area contributed by atoms with Gasteiger partial charge in [-0.25, -0.2) is 0 Å². The third-order valence-electron chi connectivity index (χ3n) is 5.70. The molecule has 0 spiro atoms. The number of carbonyl (C=O) groups excluding carboxylic acids is 2. The number of aryl methyl sites for hydroxylation is 4. The third-order valence-corrected chi connectivity index (χ3v) is 5.70. The van der Waals surface area contributed by atoms with Gasteiger partial charge in [-0.3, -0.25) is 14.3 Å². The molecule has 9 nitrogen and oxygen atoms in total. The Morgan fingerprint density at radius 3 is 2.56 bits per heavy atom. The highest BCUT2D eigenvalue weighted by molar-refractivity contribution is 5.94. The molecule has 0 saturated carbocycles. The van der Waals surface area contributed by atoms with E-state index in [1.165, 1.54) is 0 Å². The number of hydrogen-bond acceptors (Lipinski definition) is 6. The fourth-order valence-corrected chi connectivity index (χ4v) is 4.12. The number of hydrogen-bond donors (Lipinski definition) is 0. The number of amides is 2. The highest BCUT2D eigenvalue weighted by Crippen LogP contribution is 2.26. The molecule has 1 unspecified atom stereocenters. The van der Waals surface area contributed by atoms with Crippen LogP contribution in [0.2, 0.25) is 0 Å². The smallest absolute Gasteiger partial charge is 0.254 e. The summed E-state index contributed by atoms with van der Waals surface area (Å²) in [5, 5.41) is 8.35. The van der Waals surface area contributed by atoms with Gasteiger partial charge in [0.15, 0.2) is 5.82 Å². The molecule has 2 amide bonds. The summed E-state index contributed by atoms with van der Waals surface area (Å²) >= 11 is 0. The Kier molecular flexibility index (Phi) is 6.34. The minimum atomic E-state index is -0.496. The first-order valence-electron chi connectivity index (χ1n) is 10.9. The van der Waals surface area contributed by atoms with E-state index in [0.29, 0.717) is 56.3 Å². The van der Waals surface area contributed by atoms with Crippen molar-refractivity contribution in [1.29, 1.82) is 0 Å². The predicted octanol–water partition coefficient (Wildman–Crippen LogP) is 2.70. The van der Waals surface area contributed by atoms with E-state index < -0.39 is 6.04 Å². The highest BCUT2D eigenvalue weighted by Gasteiger charge is 2.35. The highest BCUT2D eigenvalue weighted by atomic mass is 16.5. The number of carbonyl (C=O) groups is 2.